The minimum absolute atomic E-state index is 0.432. The van der Waals surface area contributed by atoms with E-state index >= 15 is 0 Å². The summed E-state index contributed by atoms with van der Waals surface area (Å²) in [4.78, 5) is 0. The van der Waals surface area contributed by atoms with Gasteiger partial charge in [0.05, 0.1) is 11.4 Å². The molecule has 3 nitrogen and oxygen atoms in total. The van der Waals surface area contributed by atoms with Crippen molar-refractivity contribution in [3.63, 3.8) is 0 Å². The molecule has 0 aliphatic carbocycles. The number of rotatable bonds is 2. The maximum atomic E-state index is 9.29. The Morgan fingerprint density at radius 3 is 2.09 bits per heavy atom. The van der Waals surface area contributed by atoms with Crippen LogP contribution in [0.15, 0.2) is 42.5 Å². The predicted octanol–water partition coefficient (Wildman–Crippen LogP) is 4.64. The summed E-state index contributed by atoms with van der Waals surface area (Å²) in [5, 5.41) is 13.8. The first-order chi connectivity index (χ1) is 11.0. The van der Waals surface area contributed by atoms with Gasteiger partial charge in [-0.05, 0) is 62.1 Å². The molecule has 1 aromatic heterocycles. The van der Waals surface area contributed by atoms with Gasteiger partial charge in [-0.2, -0.15) is 10.4 Å². The van der Waals surface area contributed by atoms with Crippen LogP contribution in [-0.2, 0) is 0 Å². The third kappa shape index (κ3) is 2.53. The largest absolute Gasteiger partial charge is 0.232 e. The highest BCUT2D eigenvalue weighted by Gasteiger charge is 2.17. The molecule has 0 atom stereocenters. The Morgan fingerprint density at radius 1 is 0.913 bits per heavy atom. The molecular formula is C20H19N3. The summed E-state index contributed by atoms with van der Waals surface area (Å²) in [7, 11) is 0. The molecular weight excluding hydrogens is 282 g/mol. The van der Waals surface area contributed by atoms with Gasteiger partial charge < -0.3 is 0 Å². The van der Waals surface area contributed by atoms with Crippen molar-refractivity contribution in [3.05, 3.63) is 70.4 Å². The molecule has 0 saturated carbocycles. The van der Waals surface area contributed by atoms with E-state index in [0.29, 0.717) is 5.69 Å². The van der Waals surface area contributed by atoms with E-state index in [0.717, 1.165) is 11.4 Å². The van der Waals surface area contributed by atoms with Crippen LogP contribution in [0.4, 0.5) is 0 Å². The van der Waals surface area contributed by atoms with Gasteiger partial charge in [0.2, 0.25) is 0 Å². The summed E-state index contributed by atoms with van der Waals surface area (Å²) >= 11 is 0. The highest BCUT2D eigenvalue weighted by Crippen LogP contribution is 2.33. The molecule has 0 fully saturated rings. The van der Waals surface area contributed by atoms with Crippen LogP contribution < -0.4 is 0 Å². The highest BCUT2D eigenvalue weighted by molar-refractivity contribution is 5.73. The Labute approximate surface area is 136 Å². The predicted molar refractivity (Wildman–Crippen MR) is 92.7 cm³/mol. The molecule has 1 heterocycles. The number of aromatic nitrogens is 2. The van der Waals surface area contributed by atoms with Gasteiger partial charge in [0.1, 0.15) is 6.07 Å². The second-order valence-corrected chi connectivity index (χ2v) is 5.91. The lowest BCUT2D eigenvalue weighted by molar-refractivity contribution is 0.878. The van der Waals surface area contributed by atoms with Crippen LogP contribution in [0, 0.1) is 39.0 Å². The van der Waals surface area contributed by atoms with Crippen molar-refractivity contribution >= 4 is 0 Å². The zero-order valence-electron chi connectivity index (χ0n) is 13.9. The Hall–Kier alpha value is -2.86. The van der Waals surface area contributed by atoms with E-state index in [1.807, 2.05) is 41.1 Å². The molecule has 0 N–H and O–H groups in total. The Kier molecular flexibility index (Phi) is 3.75. The lowest BCUT2D eigenvalue weighted by Crippen LogP contribution is -2.03. The zero-order valence-corrected chi connectivity index (χ0v) is 13.9. The lowest BCUT2D eigenvalue weighted by Gasteiger charge is -2.16. The molecule has 0 unspecified atom stereocenters. The van der Waals surface area contributed by atoms with Gasteiger partial charge in [0.25, 0.3) is 0 Å². The summed E-state index contributed by atoms with van der Waals surface area (Å²) in [6.45, 7) is 8.51. The molecule has 0 bridgehead atoms. The number of benzene rings is 2. The van der Waals surface area contributed by atoms with Crippen molar-refractivity contribution in [1.82, 2.24) is 9.78 Å². The van der Waals surface area contributed by atoms with Crippen LogP contribution >= 0.6 is 0 Å². The van der Waals surface area contributed by atoms with Crippen molar-refractivity contribution in [2.75, 3.05) is 0 Å². The molecule has 23 heavy (non-hydrogen) atoms. The van der Waals surface area contributed by atoms with E-state index in [9.17, 15) is 5.26 Å². The molecule has 0 saturated heterocycles. The van der Waals surface area contributed by atoms with Crippen LogP contribution in [0.1, 0.15) is 27.9 Å². The van der Waals surface area contributed by atoms with E-state index < -0.39 is 0 Å². The van der Waals surface area contributed by atoms with E-state index in [1.54, 1.807) is 0 Å². The Bertz CT molecular complexity index is 886. The van der Waals surface area contributed by atoms with Crippen LogP contribution in [0.25, 0.3) is 16.9 Å². The summed E-state index contributed by atoms with van der Waals surface area (Å²) in [5.41, 5.74) is 8.49. The fraction of sp³-hybridized carbons (Fsp3) is 0.200. The third-order valence-electron chi connectivity index (χ3n) is 4.45. The van der Waals surface area contributed by atoms with E-state index in [4.69, 9.17) is 0 Å². The van der Waals surface area contributed by atoms with Crippen LogP contribution in [0.2, 0.25) is 0 Å². The number of aryl methyl sites for hydroxylation is 2. The van der Waals surface area contributed by atoms with Crippen molar-refractivity contribution in [1.29, 1.82) is 5.26 Å². The molecule has 3 aromatic rings. The van der Waals surface area contributed by atoms with Crippen LogP contribution in [0.3, 0.4) is 0 Å². The maximum Gasteiger partial charge on any atom is 0.163 e. The van der Waals surface area contributed by atoms with Crippen molar-refractivity contribution in [2.24, 2.45) is 0 Å². The fourth-order valence-electron chi connectivity index (χ4n) is 2.98. The average molecular weight is 301 g/mol. The lowest BCUT2D eigenvalue weighted by atomic mass is 9.92. The summed E-state index contributed by atoms with van der Waals surface area (Å²) < 4.78 is 1.87. The number of hydrogen-bond acceptors (Lipinski definition) is 2. The molecule has 0 spiro atoms. The van der Waals surface area contributed by atoms with Gasteiger partial charge >= 0.3 is 0 Å². The summed E-state index contributed by atoms with van der Waals surface area (Å²) in [6, 6.07) is 16.2. The van der Waals surface area contributed by atoms with Gasteiger partial charge in [0.15, 0.2) is 5.69 Å². The van der Waals surface area contributed by atoms with Gasteiger partial charge in [-0.25, -0.2) is 4.68 Å². The quantitative estimate of drug-likeness (QED) is 0.691. The second-order valence-electron chi connectivity index (χ2n) is 5.91. The standard InChI is InChI=1S/C20H19N3/c1-13-10-14(2)16(4)20(15(13)3)19-11-17(12-21)22-23(19)18-8-6-5-7-9-18/h5-11H,1-4H3. The molecule has 114 valence electrons. The van der Waals surface area contributed by atoms with Crippen molar-refractivity contribution in [2.45, 2.75) is 27.7 Å². The van der Waals surface area contributed by atoms with E-state index in [2.05, 4.69) is 44.9 Å². The van der Waals surface area contributed by atoms with Gasteiger partial charge in [-0.3, -0.25) is 0 Å². The first-order valence-corrected chi connectivity index (χ1v) is 7.66. The molecule has 0 radical (unpaired) electrons. The van der Waals surface area contributed by atoms with Gasteiger partial charge in [0, 0.05) is 11.6 Å². The molecule has 0 aliphatic heterocycles. The maximum absolute atomic E-state index is 9.29. The van der Waals surface area contributed by atoms with Crippen LogP contribution in [0.5, 0.6) is 0 Å². The Morgan fingerprint density at radius 2 is 1.52 bits per heavy atom. The number of para-hydroxylation sites is 1. The average Bonchev–Trinajstić information content (AvgIpc) is 2.98. The minimum atomic E-state index is 0.432. The van der Waals surface area contributed by atoms with Gasteiger partial charge in [-0.1, -0.05) is 24.3 Å². The summed E-state index contributed by atoms with van der Waals surface area (Å²) in [5.74, 6) is 0. The SMILES string of the molecule is Cc1cc(C)c(C)c(-c2cc(C#N)nn2-c2ccccc2)c1C. The minimum Gasteiger partial charge on any atom is -0.232 e. The normalized spacial score (nSPS) is 10.6. The topological polar surface area (TPSA) is 41.6 Å². The molecule has 0 aliphatic rings. The third-order valence-corrected chi connectivity index (χ3v) is 4.45. The molecule has 0 amide bonds. The Balaban J connectivity index is 2.35. The monoisotopic (exact) mass is 301 g/mol. The van der Waals surface area contributed by atoms with Crippen molar-refractivity contribution < 1.29 is 0 Å². The molecule has 3 rings (SSSR count). The summed E-state index contributed by atoms with van der Waals surface area (Å²) in [6.07, 6.45) is 0. The fourth-order valence-corrected chi connectivity index (χ4v) is 2.98. The van der Waals surface area contributed by atoms with E-state index in [1.165, 1.54) is 27.8 Å². The second kappa shape index (κ2) is 5.73. The number of nitriles is 1. The molecule has 2 aromatic carbocycles. The first-order valence-electron chi connectivity index (χ1n) is 7.66. The van der Waals surface area contributed by atoms with Gasteiger partial charge in [-0.15, -0.1) is 0 Å². The van der Waals surface area contributed by atoms with E-state index in [-0.39, 0.29) is 0 Å². The highest BCUT2D eigenvalue weighted by atomic mass is 15.3. The number of nitrogens with zero attached hydrogens (tertiary/aromatic N) is 3. The van der Waals surface area contributed by atoms with Crippen molar-refractivity contribution in [3.8, 4) is 23.0 Å². The molecule has 3 heteroatoms. The number of hydrogen-bond donors (Lipinski definition) is 0. The smallest absolute Gasteiger partial charge is 0.163 e. The zero-order chi connectivity index (χ0) is 16.6. The first kappa shape index (κ1) is 15.1. The van der Waals surface area contributed by atoms with Crippen LogP contribution in [-0.4, -0.2) is 9.78 Å².